The normalized spacial score (nSPS) is 12.1. The molecule has 2 aliphatic rings. The Balaban J connectivity index is 1.56. The topological polar surface area (TPSA) is 109 Å². The van der Waals surface area contributed by atoms with Crippen molar-refractivity contribution in [2.75, 3.05) is 0 Å². The molecule has 0 amide bonds. The summed E-state index contributed by atoms with van der Waals surface area (Å²) in [6.07, 6.45) is 3.72. The van der Waals surface area contributed by atoms with Crippen molar-refractivity contribution in [3.63, 3.8) is 0 Å². The van der Waals surface area contributed by atoms with Gasteiger partial charge in [0.05, 0.1) is 0 Å². The molecule has 3 aromatic carbocycles. The van der Waals surface area contributed by atoms with E-state index in [0.717, 1.165) is 38.6 Å². The number of nitrogens with zero attached hydrogens (tertiary/aromatic N) is 6. The van der Waals surface area contributed by atoms with Crippen molar-refractivity contribution in [2.24, 2.45) is 0 Å². The molecule has 9 heteroatoms. The van der Waals surface area contributed by atoms with Crippen LogP contribution in [0.3, 0.4) is 0 Å². The van der Waals surface area contributed by atoms with Crippen LogP contribution < -0.4 is 0 Å². The molecule has 8 rings (SSSR count). The number of aromatic amines is 2. The summed E-state index contributed by atoms with van der Waals surface area (Å²) in [5.74, 6) is 2.29. The van der Waals surface area contributed by atoms with E-state index in [-0.39, 0.29) is 0 Å². The van der Waals surface area contributed by atoms with Crippen LogP contribution in [0.25, 0.3) is 85.0 Å². The number of nitrogens with one attached hydrogen (secondary N) is 2. The number of hydrogen-bond donors (Lipinski definition) is 2. The average Bonchev–Trinajstić information content (AvgIpc) is 3.72. The van der Waals surface area contributed by atoms with E-state index in [2.05, 4.69) is 9.97 Å². The number of aromatic nitrogens is 8. The molecule has 0 fully saturated rings. The summed E-state index contributed by atoms with van der Waals surface area (Å²) in [5.41, 5.74) is 7.04. The van der Waals surface area contributed by atoms with Crippen LogP contribution in [-0.2, 0) is 15.0 Å². The minimum absolute atomic E-state index is 0.564. The van der Waals surface area contributed by atoms with Crippen LogP contribution in [0.15, 0.2) is 84.9 Å². The Morgan fingerprint density at radius 2 is 1.00 bits per heavy atom. The van der Waals surface area contributed by atoms with Crippen LogP contribution in [0.2, 0.25) is 0 Å². The molecule has 2 N–H and O–H groups in total. The fraction of sp³-hybridized carbons (Fsp3) is 0. The Labute approximate surface area is 234 Å². The molecule has 0 unspecified atom stereocenters. The quantitative estimate of drug-likeness (QED) is 0.248. The predicted molar refractivity (Wildman–Crippen MR) is 154 cm³/mol. The van der Waals surface area contributed by atoms with Crippen molar-refractivity contribution < 1.29 is 15.0 Å². The number of allylic oxidation sites excluding steroid dienone is 1. The fourth-order valence-corrected chi connectivity index (χ4v) is 5.23. The second-order valence-electron chi connectivity index (χ2n) is 9.35. The third-order valence-corrected chi connectivity index (χ3v) is 7.13. The molecule has 0 atom stereocenters. The summed E-state index contributed by atoms with van der Waals surface area (Å²) >= 11 is 4.72. The summed E-state index contributed by atoms with van der Waals surface area (Å²) < 4.78 is 0. The summed E-state index contributed by atoms with van der Waals surface area (Å²) in [4.78, 5) is 37.9. The summed E-state index contributed by atoms with van der Waals surface area (Å²) in [6, 6.07) is 25.9. The molecule has 3 aromatic heterocycles. The maximum atomic E-state index is 4.99. The monoisotopic (exact) mass is 560 g/mol. The van der Waals surface area contributed by atoms with Crippen molar-refractivity contribution in [3.05, 3.63) is 90.5 Å². The molecule has 6 aromatic rings. The van der Waals surface area contributed by atoms with Crippen molar-refractivity contribution in [2.45, 2.75) is 0 Å². The van der Waals surface area contributed by atoms with Gasteiger partial charge in [-0.2, -0.15) is 0 Å². The number of H-pyrrole nitrogens is 2. The van der Waals surface area contributed by atoms with Crippen LogP contribution >= 0.6 is 0 Å². The SMILES string of the molecule is [Ni]=[CH]/C=C\c1cc2nc3nc(nc4[nH]c(nc5nc(nc1[nH]2)-c1ccccc1-5)c1ccccc41)-c1ccccc1-3. The van der Waals surface area contributed by atoms with Crippen molar-refractivity contribution in [1.29, 1.82) is 0 Å². The first-order valence-electron chi connectivity index (χ1n) is 12.6. The molecular weight excluding hydrogens is 543 g/mol. The molecule has 0 saturated heterocycles. The zero-order valence-electron chi connectivity index (χ0n) is 20.7. The van der Waals surface area contributed by atoms with Crippen LogP contribution in [0.5, 0.6) is 0 Å². The molecule has 0 spiro atoms. The van der Waals surface area contributed by atoms with Crippen LogP contribution in [0.1, 0.15) is 5.56 Å². The van der Waals surface area contributed by atoms with E-state index in [1.807, 2.05) is 91.0 Å². The second-order valence-corrected chi connectivity index (χ2v) is 9.68. The van der Waals surface area contributed by atoms with Crippen molar-refractivity contribution in [3.8, 4) is 45.6 Å². The number of rotatable bonds is 2. The van der Waals surface area contributed by atoms with Gasteiger partial charge in [0.2, 0.25) is 0 Å². The van der Waals surface area contributed by atoms with Crippen LogP contribution in [0.4, 0.5) is 0 Å². The average molecular weight is 561 g/mol. The fourth-order valence-electron chi connectivity index (χ4n) is 5.14. The molecule has 0 radical (unpaired) electrons. The molecule has 40 heavy (non-hydrogen) atoms. The van der Waals surface area contributed by atoms with E-state index in [1.165, 1.54) is 0 Å². The summed E-state index contributed by atoms with van der Waals surface area (Å²) in [7, 11) is 0. The summed E-state index contributed by atoms with van der Waals surface area (Å²) in [6.45, 7) is 0. The Kier molecular flexibility index (Phi) is 5.11. The molecule has 8 nitrogen and oxygen atoms in total. The van der Waals surface area contributed by atoms with E-state index < -0.39 is 0 Å². The van der Waals surface area contributed by atoms with Gasteiger partial charge < -0.3 is 0 Å². The van der Waals surface area contributed by atoms with E-state index >= 15 is 0 Å². The van der Waals surface area contributed by atoms with Crippen LogP contribution in [-0.4, -0.2) is 44.9 Å². The van der Waals surface area contributed by atoms with Crippen LogP contribution in [0, 0.1) is 0 Å². The molecular formula is C31H18N8Ni. The van der Waals surface area contributed by atoms with Gasteiger partial charge in [0, 0.05) is 5.39 Å². The Morgan fingerprint density at radius 1 is 0.525 bits per heavy atom. The third kappa shape index (κ3) is 3.63. The van der Waals surface area contributed by atoms with E-state index in [4.69, 9.17) is 44.9 Å². The molecule has 2 aliphatic heterocycles. The first kappa shape index (κ1) is 22.8. The maximum absolute atomic E-state index is 4.99. The van der Waals surface area contributed by atoms with Gasteiger partial charge in [-0.3, -0.25) is 0 Å². The number of benzene rings is 3. The molecule has 0 saturated carbocycles. The van der Waals surface area contributed by atoms with Gasteiger partial charge in [-0.25, -0.2) is 0 Å². The zero-order valence-corrected chi connectivity index (χ0v) is 21.7. The van der Waals surface area contributed by atoms with Crippen molar-refractivity contribution in [1.82, 2.24) is 39.9 Å². The summed E-state index contributed by atoms with van der Waals surface area (Å²) in [5, 5.41) is 1.89. The predicted octanol–water partition coefficient (Wildman–Crippen LogP) is 6.08. The number of hydrogen-bond acceptors (Lipinski definition) is 6. The number of fused-ring (bicyclic) bond motifs is 17. The third-order valence-electron chi connectivity index (χ3n) is 6.94. The van der Waals surface area contributed by atoms with Gasteiger partial charge in [0.25, 0.3) is 0 Å². The van der Waals surface area contributed by atoms with Gasteiger partial charge in [0.1, 0.15) is 0 Å². The minimum atomic E-state index is 0.564. The Bertz CT molecular complexity index is 2210. The van der Waals surface area contributed by atoms with E-state index in [1.54, 1.807) is 4.99 Å². The van der Waals surface area contributed by atoms with Gasteiger partial charge in [0.15, 0.2) is 0 Å². The first-order valence-corrected chi connectivity index (χ1v) is 13.2. The Hall–Kier alpha value is -5.14. The Morgan fingerprint density at radius 3 is 1.52 bits per heavy atom. The molecule has 192 valence electrons. The first-order chi connectivity index (χ1) is 19.7. The zero-order chi connectivity index (χ0) is 26.6. The standard InChI is InChI=1S/C31H18N8.Ni/c1-2-9-17-16-24-32-25(17)34-27-20-12-5-6-13-21(20)29(36-27)38-31-23-15-8-7-14-22(23)30(39-31)37-28-19-11-4-3-10-18(19)26(33-24)35-28;/h1-16H,(H2,32,33,34,35,36,37,38,39);/b9-2-;. The second kappa shape index (κ2) is 8.97. The molecule has 8 bridgehead atoms. The van der Waals surface area contributed by atoms with E-state index in [9.17, 15) is 0 Å². The van der Waals surface area contributed by atoms with Gasteiger partial charge in [-0.15, -0.1) is 0 Å². The van der Waals surface area contributed by atoms with Gasteiger partial charge >= 0.3 is 206 Å². The van der Waals surface area contributed by atoms with Gasteiger partial charge in [-0.05, 0) is 0 Å². The van der Waals surface area contributed by atoms with Crippen molar-refractivity contribution >= 4 is 44.4 Å². The van der Waals surface area contributed by atoms with Gasteiger partial charge in [-0.1, -0.05) is 24.3 Å². The molecule has 5 heterocycles. The molecule has 0 aliphatic carbocycles. The van der Waals surface area contributed by atoms with E-state index in [0.29, 0.717) is 45.9 Å².